The van der Waals surface area contributed by atoms with Crippen molar-refractivity contribution in [3.8, 4) is 0 Å². The fourth-order valence-electron chi connectivity index (χ4n) is 1.86. The average molecular weight is 377 g/mol. The third-order valence-electron chi connectivity index (χ3n) is 3.05. The number of nitrogens with zero attached hydrogens (tertiary/aromatic N) is 1. The van der Waals surface area contributed by atoms with Gasteiger partial charge in [-0.1, -0.05) is 19.4 Å². The smallest absolute Gasteiger partial charge is 0.338 e. The van der Waals surface area contributed by atoms with E-state index >= 15 is 0 Å². The summed E-state index contributed by atoms with van der Waals surface area (Å²) in [5.74, 6) is -0.686. The molecule has 0 saturated carbocycles. The van der Waals surface area contributed by atoms with Crippen molar-refractivity contribution in [1.29, 1.82) is 0 Å². The van der Waals surface area contributed by atoms with Gasteiger partial charge in [-0.3, -0.25) is 9.78 Å². The highest BCUT2D eigenvalue weighted by Gasteiger charge is 2.10. The fourth-order valence-corrected chi connectivity index (χ4v) is 2.22. The van der Waals surface area contributed by atoms with Crippen molar-refractivity contribution in [3.05, 3.63) is 58.3 Å². The van der Waals surface area contributed by atoms with E-state index in [4.69, 9.17) is 4.74 Å². The number of aromatic nitrogens is 1. The molecule has 0 atom stereocenters. The minimum atomic E-state index is -0.390. The molecule has 120 valence electrons. The van der Waals surface area contributed by atoms with Gasteiger partial charge >= 0.3 is 5.97 Å². The Labute approximate surface area is 143 Å². The number of amides is 1. The average Bonchev–Trinajstić information content (AvgIpc) is 2.55. The molecule has 1 aromatic carbocycles. The van der Waals surface area contributed by atoms with Gasteiger partial charge in [0.1, 0.15) is 0 Å². The van der Waals surface area contributed by atoms with Crippen LogP contribution in [0, 0.1) is 0 Å². The molecule has 0 radical (unpaired) electrons. The summed E-state index contributed by atoms with van der Waals surface area (Å²) in [5.41, 5.74) is 1.36. The molecule has 0 saturated heterocycles. The van der Waals surface area contributed by atoms with Crippen LogP contribution in [-0.4, -0.2) is 23.5 Å². The first kappa shape index (κ1) is 17.1. The molecule has 0 spiro atoms. The van der Waals surface area contributed by atoms with Crippen molar-refractivity contribution in [1.82, 2.24) is 4.98 Å². The van der Waals surface area contributed by atoms with Crippen LogP contribution in [0.15, 0.2) is 47.2 Å². The Morgan fingerprint density at radius 1 is 1.22 bits per heavy atom. The van der Waals surface area contributed by atoms with Gasteiger partial charge in [0.15, 0.2) is 0 Å². The van der Waals surface area contributed by atoms with Crippen LogP contribution in [0.25, 0.3) is 0 Å². The van der Waals surface area contributed by atoms with E-state index in [-0.39, 0.29) is 5.91 Å². The van der Waals surface area contributed by atoms with E-state index in [1.54, 1.807) is 36.5 Å². The minimum Gasteiger partial charge on any atom is -0.462 e. The van der Waals surface area contributed by atoms with Gasteiger partial charge in [0.05, 0.1) is 17.7 Å². The number of pyridine rings is 1. The topological polar surface area (TPSA) is 68.3 Å². The Bertz CT molecular complexity index is 704. The molecular weight excluding hydrogens is 360 g/mol. The third-order valence-corrected chi connectivity index (χ3v) is 3.49. The van der Waals surface area contributed by atoms with Crippen LogP contribution in [-0.2, 0) is 4.74 Å². The molecule has 0 aliphatic heterocycles. The summed E-state index contributed by atoms with van der Waals surface area (Å²) >= 11 is 3.27. The standard InChI is InChI=1S/C17H17BrN2O3/c1-2-3-7-23-17(22)12-5-4-6-15(9-12)20-16(21)13-8-14(18)11-19-10-13/h4-6,8-11H,2-3,7H2,1H3,(H,20,21). The van der Waals surface area contributed by atoms with Gasteiger partial charge < -0.3 is 10.1 Å². The number of benzene rings is 1. The second-order valence-corrected chi connectivity index (χ2v) is 5.83. The maximum atomic E-state index is 12.2. The lowest BCUT2D eigenvalue weighted by Crippen LogP contribution is -2.13. The van der Waals surface area contributed by atoms with Crippen molar-refractivity contribution < 1.29 is 14.3 Å². The molecule has 6 heteroatoms. The van der Waals surface area contributed by atoms with E-state index in [2.05, 4.69) is 26.2 Å². The SMILES string of the molecule is CCCCOC(=O)c1cccc(NC(=O)c2cncc(Br)c2)c1. The Balaban J connectivity index is 2.05. The molecule has 1 aromatic heterocycles. The van der Waals surface area contributed by atoms with Crippen LogP contribution in [0.1, 0.15) is 40.5 Å². The maximum absolute atomic E-state index is 12.2. The molecule has 0 bridgehead atoms. The molecule has 1 heterocycles. The van der Waals surface area contributed by atoms with Gasteiger partial charge in [0.25, 0.3) is 5.91 Å². The summed E-state index contributed by atoms with van der Waals surface area (Å²) < 4.78 is 5.88. The summed E-state index contributed by atoms with van der Waals surface area (Å²) in [4.78, 5) is 28.0. The molecule has 0 fully saturated rings. The van der Waals surface area contributed by atoms with E-state index in [0.717, 1.165) is 17.3 Å². The van der Waals surface area contributed by atoms with Crippen molar-refractivity contribution >= 4 is 33.5 Å². The zero-order valence-corrected chi connectivity index (χ0v) is 14.3. The summed E-state index contributed by atoms with van der Waals surface area (Å²) in [5, 5.41) is 2.74. The van der Waals surface area contributed by atoms with Gasteiger partial charge in [-0.2, -0.15) is 0 Å². The van der Waals surface area contributed by atoms with Crippen LogP contribution < -0.4 is 5.32 Å². The highest BCUT2D eigenvalue weighted by Crippen LogP contribution is 2.15. The predicted octanol–water partition coefficient (Wildman–Crippen LogP) is 4.05. The number of rotatable bonds is 6. The Kier molecular flexibility index (Phi) is 6.29. The highest BCUT2D eigenvalue weighted by molar-refractivity contribution is 9.10. The molecule has 2 aromatic rings. The first-order valence-electron chi connectivity index (χ1n) is 7.29. The highest BCUT2D eigenvalue weighted by atomic mass is 79.9. The number of hydrogen-bond donors (Lipinski definition) is 1. The first-order valence-corrected chi connectivity index (χ1v) is 8.08. The van der Waals surface area contributed by atoms with Crippen LogP contribution in [0.5, 0.6) is 0 Å². The fraction of sp³-hybridized carbons (Fsp3) is 0.235. The number of carbonyl (C=O) groups excluding carboxylic acids is 2. The summed E-state index contributed by atoms with van der Waals surface area (Å²) in [7, 11) is 0. The molecule has 23 heavy (non-hydrogen) atoms. The van der Waals surface area contributed by atoms with Gasteiger partial charge in [-0.05, 0) is 46.6 Å². The van der Waals surface area contributed by atoms with Crippen LogP contribution >= 0.6 is 15.9 Å². The quantitative estimate of drug-likeness (QED) is 0.609. The molecular formula is C17H17BrN2O3. The Hall–Kier alpha value is -2.21. The summed E-state index contributed by atoms with van der Waals surface area (Å²) in [6.07, 6.45) is 4.87. The van der Waals surface area contributed by atoms with E-state index in [0.29, 0.717) is 23.4 Å². The van der Waals surface area contributed by atoms with Gasteiger partial charge in [-0.25, -0.2) is 4.79 Å². The maximum Gasteiger partial charge on any atom is 0.338 e. The Morgan fingerprint density at radius 2 is 2.04 bits per heavy atom. The summed E-state index contributed by atoms with van der Waals surface area (Å²) in [6.45, 7) is 2.43. The minimum absolute atomic E-state index is 0.296. The van der Waals surface area contributed by atoms with Crippen LogP contribution in [0.4, 0.5) is 5.69 Å². The van der Waals surface area contributed by atoms with Crippen molar-refractivity contribution in [2.45, 2.75) is 19.8 Å². The van der Waals surface area contributed by atoms with Gasteiger partial charge in [0.2, 0.25) is 0 Å². The number of carbonyl (C=O) groups is 2. The number of nitrogens with one attached hydrogen (secondary N) is 1. The van der Waals surface area contributed by atoms with E-state index in [9.17, 15) is 9.59 Å². The number of anilines is 1. The van der Waals surface area contributed by atoms with E-state index in [1.807, 2.05) is 6.92 Å². The molecule has 0 aliphatic carbocycles. The predicted molar refractivity (Wildman–Crippen MR) is 91.5 cm³/mol. The molecule has 0 aliphatic rings. The number of esters is 1. The molecule has 0 unspecified atom stereocenters. The zero-order valence-electron chi connectivity index (χ0n) is 12.7. The van der Waals surface area contributed by atoms with Crippen LogP contribution in [0.3, 0.4) is 0 Å². The summed E-state index contributed by atoms with van der Waals surface area (Å²) in [6, 6.07) is 8.34. The Morgan fingerprint density at radius 3 is 2.78 bits per heavy atom. The lowest BCUT2D eigenvalue weighted by atomic mass is 10.2. The largest absolute Gasteiger partial charge is 0.462 e. The first-order chi connectivity index (χ1) is 11.1. The van der Waals surface area contributed by atoms with Gasteiger partial charge in [-0.15, -0.1) is 0 Å². The monoisotopic (exact) mass is 376 g/mol. The van der Waals surface area contributed by atoms with E-state index in [1.165, 1.54) is 6.20 Å². The molecule has 5 nitrogen and oxygen atoms in total. The van der Waals surface area contributed by atoms with E-state index < -0.39 is 5.97 Å². The number of halogens is 1. The van der Waals surface area contributed by atoms with Crippen molar-refractivity contribution in [2.75, 3.05) is 11.9 Å². The number of ether oxygens (including phenoxy) is 1. The van der Waals surface area contributed by atoms with Crippen molar-refractivity contribution in [2.24, 2.45) is 0 Å². The molecule has 2 rings (SSSR count). The normalized spacial score (nSPS) is 10.2. The second-order valence-electron chi connectivity index (χ2n) is 4.92. The second kappa shape index (κ2) is 8.43. The number of hydrogen-bond acceptors (Lipinski definition) is 4. The van der Waals surface area contributed by atoms with Gasteiger partial charge in [0, 0.05) is 22.6 Å². The molecule has 1 N–H and O–H groups in total. The number of unbranched alkanes of at least 4 members (excludes halogenated alkanes) is 1. The molecule has 1 amide bonds. The van der Waals surface area contributed by atoms with Crippen molar-refractivity contribution in [3.63, 3.8) is 0 Å². The zero-order chi connectivity index (χ0) is 16.7. The lowest BCUT2D eigenvalue weighted by molar-refractivity contribution is 0.0499. The lowest BCUT2D eigenvalue weighted by Gasteiger charge is -2.08. The van der Waals surface area contributed by atoms with Crippen LogP contribution in [0.2, 0.25) is 0 Å². The third kappa shape index (κ3) is 5.17.